The summed E-state index contributed by atoms with van der Waals surface area (Å²) in [6, 6.07) is 3.28. The molecule has 7 nitrogen and oxygen atoms in total. The Labute approximate surface area is 141 Å². The summed E-state index contributed by atoms with van der Waals surface area (Å²) in [4.78, 5) is 14.5. The maximum atomic E-state index is 12.7. The number of carboxylic acid groups (broad SMARTS) is 1. The summed E-state index contributed by atoms with van der Waals surface area (Å²) in [5.74, 6) is -1.12. The van der Waals surface area contributed by atoms with Crippen molar-refractivity contribution in [1.29, 1.82) is 0 Å². The summed E-state index contributed by atoms with van der Waals surface area (Å²) in [6.45, 7) is 1.01. The molecular formula is C15H17F3N4O3. The first kappa shape index (κ1) is 18.9. The molecule has 1 aromatic heterocycles. The molecular weight excluding hydrogens is 341 g/mol. The number of hydrogen-bond acceptors (Lipinski definition) is 5. The number of carbonyl (C=O) groups is 1. The lowest BCUT2D eigenvalue weighted by molar-refractivity contribution is -0.138. The number of rotatable bonds is 7. The van der Waals surface area contributed by atoms with E-state index in [-0.39, 0.29) is 12.1 Å². The maximum absolute atomic E-state index is 12.7. The molecule has 0 bridgehead atoms. The lowest BCUT2D eigenvalue weighted by Crippen LogP contribution is -2.50. The van der Waals surface area contributed by atoms with Gasteiger partial charge >= 0.3 is 12.1 Å². The fourth-order valence-corrected chi connectivity index (χ4v) is 2.40. The van der Waals surface area contributed by atoms with Gasteiger partial charge in [-0.1, -0.05) is 12.1 Å². The van der Waals surface area contributed by atoms with Gasteiger partial charge in [-0.15, -0.1) is 0 Å². The van der Waals surface area contributed by atoms with E-state index in [4.69, 9.17) is 5.11 Å². The third-order valence-corrected chi connectivity index (χ3v) is 3.86. The van der Waals surface area contributed by atoms with Crippen molar-refractivity contribution in [2.24, 2.45) is 0 Å². The van der Waals surface area contributed by atoms with Crippen molar-refractivity contribution < 1.29 is 28.2 Å². The second kappa shape index (κ2) is 7.19. The Balaban J connectivity index is 2.34. The average Bonchev–Trinajstić information content (AvgIpc) is 3.04. The Bertz CT molecular complexity index is 704. The van der Waals surface area contributed by atoms with Crippen LogP contribution < -0.4 is 5.32 Å². The van der Waals surface area contributed by atoms with E-state index in [0.29, 0.717) is 0 Å². The Kier molecular flexibility index (Phi) is 5.43. The van der Waals surface area contributed by atoms with Crippen LogP contribution in [0, 0.1) is 0 Å². The number of nitrogens with one attached hydrogen (secondary N) is 1. The van der Waals surface area contributed by atoms with Crippen LogP contribution in [-0.4, -0.2) is 43.5 Å². The van der Waals surface area contributed by atoms with Gasteiger partial charge in [-0.3, -0.25) is 4.79 Å². The van der Waals surface area contributed by atoms with Crippen molar-refractivity contribution in [3.8, 4) is 0 Å². The molecule has 1 heterocycles. The van der Waals surface area contributed by atoms with Crippen LogP contribution in [-0.2, 0) is 23.1 Å². The van der Waals surface area contributed by atoms with Crippen LogP contribution in [0.3, 0.4) is 0 Å². The summed E-state index contributed by atoms with van der Waals surface area (Å²) < 4.78 is 39.5. The minimum absolute atomic E-state index is 0.119. The molecule has 10 heteroatoms. The first-order valence-corrected chi connectivity index (χ1v) is 7.30. The largest absolute Gasteiger partial charge is 0.480 e. The smallest absolute Gasteiger partial charge is 0.416 e. The van der Waals surface area contributed by atoms with Gasteiger partial charge in [0.1, 0.15) is 18.3 Å². The second-order valence-electron chi connectivity index (χ2n) is 5.59. The molecule has 0 saturated carbocycles. The van der Waals surface area contributed by atoms with Gasteiger partial charge in [-0.25, -0.2) is 9.67 Å². The molecule has 0 radical (unpaired) electrons. The normalized spacial score (nSPS) is 15.6. The minimum Gasteiger partial charge on any atom is -0.480 e. The van der Waals surface area contributed by atoms with Gasteiger partial charge < -0.3 is 15.5 Å². The fraction of sp³-hybridized carbons (Fsp3) is 0.400. The first-order chi connectivity index (χ1) is 11.6. The molecule has 0 fully saturated rings. The summed E-state index contributed by atoms with van der Waals surface area (Å²) in [5.41, 5.74) is -2.35. The number of carboxylic acids is 1. The highest BCUT2D eigenvalue weighted by molar-refractivity contribution is 5.69. The summed E-state index contributed by atoms with van der Waals surface area (Å²) in [7, 11) is 0. The number of halogens is 3. The standard InChI is InChI=1S/C15H17F3N4O3/c1-10(20-6-13(23)24)14(25,7-22-9-19-8-21-22)11-2-4-12(5-3-11)15(16,17)18/h2-5,8-10,20,25H,6-7H2,1H3,(H,23,24)/t10-,14-/m1/s1. The van der Waals surface area contributed by atoms with E-state index in [1.54, 1.807) is 0 Å². The number of benzene rings is 1. The van der Waals surface area contributed by atoms with Crippen molar-refractivity contribution in [2.45, 2.75) is 31.3 Å². The third kappa shape index (κ3) is 4.54. The zero-order valence-corrected chi connectivity index (χ0v) is 13.2. The van der Waals surface area contributed by atoms with Crippen molar-refractivity contribution >= 4 is 5.97 Å². The molecule has 0 aliphatic rings. The molecule has 0 aliphatic carbocycles. The lowest BCUT2D eigenvalue weighted by atomic mass is 9.86. The maximum Gasteiger partial charge on any atom is 0.416 e. The van der Waals surface area contributed by atoms with E-state index >= 15 is 0 Å². The highest BCUT2D eigenvalue weighted by atomic mass is 19.4. The summed E-state index contributed by atoms with van der Waals surface area (Å²) >= 11 is 0. The SMILES string of the molecule is C[C@@H](NCC(=O)O)[C@](O)(Cn1cncn1)c1ccc(C(F)(F)F)cc1. The molecule has 0 spiro atoms. The molecule has 1 aromatic carbocycles. The van der Waals surface area contributed by atoms with Crippen LogP contribution in [0.2, 0.25) is 0 Å². The molecule has 2 rings (SSSR count). The zero-order chi connectivity index (χ0) is 18.7. The van der Waals surface area contributed by atoms with E-state index in [9.17, 15) is 23.1 Å². The Morgan fingerprint density at radius 3 is 2.36 bits per heavy atom. The molecule has 0 saturated heterocycles. The summed E-state index contributed by atoms with van der Waals surface area (Å²) in [6.07, 6.45) is -1.89. The lowest BCUT2D eigenvalue weighted by Gasteiger charge is -2.35. The molecule has 2 atom stereocenters. The molecule has 0 aliphatic heterocycles. The van der Waals surface area contributed by atoms with Crippen LogP contribution in [0.4, 0.5) is 13.2 Å². The second-order valence-corrected chi connectivity index (χ2v) is 5.59. The summed E-state index contributed by atoms with van der Waals surface area (Å²) in [5, 5.41) is 26.4. The van der Waals surface area contributed by atoms with Gasteiger partial charge in [-0.05, 0) is 24.6 Å². The van der Waals surface area contributed by atoms with E-state index in [1.807, 2.05) is 0 Å². The monoisotopic (exact) mass is 358 g/mol. The number of aliphatic hydroxyl groups is 1. The number of aliphatic carboxylic acids is 1. The first-order valence-electron chi connectivity index (χ1n) is 7.30. The minimum atomic E-state index is -4.49. The predicted octanol–water partition coefficient (Wildman–Crippen LogP) is 1.25. The third-order valence-electron chi connectivity index (χ3n) is 3.86. The number of alkyl halides is 3. The van der Waals surface area contributed by atoms with Crippen LogP contribution in [0.5, 0.6) is 0 Å². The van der Waals surface area contributed by atoms with Crippen LogP contribution in [0.15, 0.2) is 36.9 Å². The topological polar surface area (TPSA) is 100 Å². The number of nitrogens with zero attached hydrogens (tertiary/aromatic N) is 3. The van der Waals surface area contributed by atoms with E-state index < -0.39 is 35.9 Å². The van der Waals surface area contributed by atoms with Gasteiger partial charge in [0.15, 0.2) is 0 Å². The van der Waals surface area contributed by atoms with E-state index in [0.717, 1.165) is 12.1 Å². The van der Waals surface area contributed by atoms with Gasteiger partial charge in [0.05, 0.1) is 18.7 Å². The van der Waals surface area contributed by atoms with Gasteiger partial charge in [0.25, 0.3) is 0 Å². The fourth-order valence-electron chi connectivity index (χ4n) is 2.40. The quantitative estimate of drug-likeness (QED) is 0.689. The van der Waals surface area contributed by atoms with Crippen LogP contribution >= 0.6 is 0 Å². The molecule has 2 aromatic rings. The molecule has 0 unspecified atom stereocenters. The van der Waals surface area contributed by atoms with Crippen LogP contribution in [0.1, 0.15) is 18.1 Å². The van der Waals surface area contributed by atoms with E-state index in [1.165, 1.54) is 36.4 Å². The zero-order valence-electron chi connectivity index (χ0n) is 13.2. The molecule has 0 amide bonds. The molecule has 136 valence electrons. The highest BCUT2D eigenvalue weighted by Crippen LogP contribution is 2.32. The van der Waals surface area contributed by atoms with Gasteiger partial charge in [0.2, 0.25) is 0 Å². The van der Waals surface area contributed by atoms with Crippen LogP contribution in [0.25, 0.3) is 0 Å². The Morgan fingerprint density at radius 1 is 1.28 bits per heavy atom. The van der Waals surface area contributed by atoms with Crippen molar-refractivity contribution in [3.05, 3.63) is 48.0 Å². The number of hydrogen-bond donors (Lipinski definition) is 3. The van der Waals surface area contributed by atoms with E-state index in [2.05, 4.69) is 15.4 Å². The Morgan fingerprint density at radius 2 is 1.88 bits per heavy atom. The van der Waals surface area contributed by atoms with Gasteiger partial charge in [0, 0.05) is 6.04 Å². The number of aromatic nitrogens is 3. The molecule has 3 N–H and O–H groups in total. The average molecular weight is 358 g/mol. The van der Waals surface area contributed by atoms with Crippen molar-refractivity contribution in [3.63, 3.8) is 0 Å². The predicted molar refractivity (Wildman–Crippen MR) is 80.5 cm³/mol. The van der Waals surface area contributed by atoms with Crippen molar-refractivity contribution in [2.75, 3.05) is 6.54 Å². The Hall–Kier alpha value is -2.46. The highest BCUT2D eigenvalue weighted by Gasteiger charge is 2.38. The molecule has 25 heavy (non-hydrogen) atoms. The van der Waals surface area contributed by atoms with Crippen molar-refractivity contribution in [1.82, 2.24) is 20.1 Å². The van der Waals surface area contributed by atoms with Gasteiger partial charge in [-0.2, -0.15) is 18.3 Å².